The van der Waals surface area contributed by atoms with Crippen LogP contribution in [0.4, 0.5) is 0 Å². The number of aromatic nitrogens is 2. The van der Waals surface area contributed by atoms with E-state index in [1.165, 1.54) is 0 Å². The van der Waals surface area contributed by atoms with E-state index in [2.05, 4.69) is 15.5 Å². The largest absolute Gasteiger partial charge is 0.379 e. The number of fused-ring (bicyclic) bond motifs is 1. The molecule has 1 fully saturated rings. The van der Waals surface area contributed by atoms with Crippen molar-refractivity contribution in [3.8, 4) is 0 Å². The summed E-state index contributed by atoms with van der Waals surface area (Å²) < 4.78 is 5.44. The van der Waals surface area contributed by atoms with Crippen LogP contribution in [0.2, 0.25) is 0 Å². The summed E-state index contributed by atoms with van der Waals surface area (Å²) in [6.45, 7) is 3.17. The molecule has 110 valence electrons. The second kappa shape index (κ2) is 5.29. The van der Waals surface area contributed by atoms with Crippen LogP contribution in [0.3, 0.4) is 0 Å². The van der Waals surface area contributed by atoms with Gasteiger partial charge in [0.25, 0.3) is 11.5 Å². The monoisotopic (exact) mass is 287 g/mol. The molecule has 1 saturated heterocycles. The minimum absolute atomic E-state index is 0.233. The highest BCUT2D eigenvalue weighted by molar-refractivity contribution is 6.04. The van der Waals surface area contributed by atoms with E-state index in [4.69, 9.17) is 4.74 Å². The van der Waals surface area contributed by atoms with Crippen LogP contribution in [0.1, 0.15) is 30.3 Å². The van der Waals surface area contributed by atoms with Crippen LogP contribution in [0.15, 0.2) is 29.1 Å². The minimum Gasteiger partial charge on any atom is -0.379 e. The Kier molecular flexibility index (Phi) is 3.47. The molecular formula is C15H17N3O3. The van der Waals surface area contributed by atoms with Crippen LogP contribution in [0, 0.1) is 0 Å². The number of ether oxygens (including phenoxy) is 1. The molecule has 1 atom stereocenters. The molecule has 1 aliphatic heterocycles. The van der Waals surface area contributed by atoms with Crippen molar-refractivity contribution in [2.45, 2.75) is 25.3 Å². The predicted molar refractivity (Wildman–Crippen MR) is 78.3 cm³/mol. The van der Waals surface area contributed by atoms with Crippen LogP contribution >= 0.6 is 0 Å². The van der Waals surface area contributed by atoms with Crippen molar-refractivity contribution in [3.05, 3.63) is 40.3 Å². The Bertz CT molecular complexity index is 732. The van der Waals surface area contributed by atoms with Crippen LogP contribution in [0.25, 0.3) is 10.8 Å². The lowest BCUT2D eigenvalue weighted by Crippen LogP contribution is -2.51. The first kappa shape index (κ1) is 13.8. The average Bonchev–Trinajstić information content (AvgIpc) is 2.48. The Morgan fingerprint density at radius 3 is 2.86 bits per heavy atom. The maximum Gasteiger partial charge on any atom is 0.272 e. The Morgan fingerprint density at radius 2 is 2.14 bits per heavy atom. The van der Waals surface area contributed by atoms with Crippen LogP contribution in [0.5, 0.6) is 0 Å². The summed E-state index contributed by atoms with van der Waals surface area (Å²) in [5, 5.41) is 10.3. The smallest absolute Gasteiger partial charge is 0.272 e. The third-order valence-corrected chi connectivity index (χ3v) is 3.76. The summed E-state index contributed by atoms with van der Waals surface area (Å²) in [7, 11) is 0. The maximum atomic E-state index is 12.5. The van der Waals surface area contributed by atoms with Gasteiger partial charge in [0.05, 0.1) is 17.5 Å². The summed E-state index contributed by atoms with van der Waals surface area (Å²) in [6, 6.07) is 6.95. The van der Waals surface area contributed by atoms with Crippen molar-refractivity contribution in [2.75, 3.05) is 13.2 Å². The molecule has 0 aliphatic carbocycles. The fraction of sp³-hybridized carbons (Fsp3) is 0.400. The normalized spacial score (nSPS) is 22.1. The van der Waals surface area contributed by atoms with Gasteiger partial charge in [0.1, 0.15) is 0 Å². The highest BCUT2D eigenvalue weighted by Gasteiger charge is 2.30. The first-order valence-electron chi connectivity index (χ1n) is 6.97. The Morgan fingerprint density at radius 1 is 1.38 bits per heavy atom. The van der Waals surface area contributed by atoms with Crippen molar-refractivity contribution in [1.82, 2.24) is 15.5 Å². The van der Waals surface area contributed by atoms with Crippen molar-refractivity contribution in [1.29, 1.82) is 0 Å². The molecule has 3 rings (SSSR count). The number of hydrogen-bond donors (Lipinski definition) is 2. The van der Waals surface area contributed by atoms with Gasteiger partial charge in [-0.1, -0.05) is 18.2 Å². The van der Waals surface area contributed by atoms with Gasteiger partial charge in [0.2, 0.25) is 0 Å². The van der Waals surface area contributed by atoms with E-state index < -0.39 is 5.54 Å². The molecule has 1 aromatic carbocycles. The quantitative estimate of drug-likeness (QED) is 0.870. The number of carbonyl (C=O) groups is 1. The molecule has 1 amide bonds. The second-order valence-corrected chi connectivity index (χ2v) is 5.62. The molecule has 2 heterocycles. The van der Waals surface area contributed by atoms with Gasteiger partial charge >= 0.3 is 0 Å². The Hall–Kier alpha value is -2.21. The fourth-order valence-electron chi connectivity index (χ4n) is 2.65. The molecule has 0 bridgehead atoms. The number of rotatable bonds is 2. The second-order valence-electron chi connectivity index (χ2n) is 5.62. The Labute approximate surface area is 121 Å². The number of aromatic amines is 1. The van der Waals surface area contributed by atoms with Gasteiger partial charge in [-0.3, -0.25) is 9.59 Å². The molecule has 0 spiro atoms. The SMILES string of the molecule is CC1(NC(=O)c2n[nH]c(=O)c3ccccc23)CCCOC1. The molecule has 0 saturated carbocycles. The lowest BCUT2D eigenvalue weighted by molar-refractivity contribution is 0.0271. The molecule has 21 heavy (non-hydrogen) atoms. The molecule has 6 heteroatoms. The molecule has 2 aromatic rings. The van der Waals surface area contributed by atoms with E-state index in [1.54, 1.807) is 24.3 Å². The van der Waals surface area contributed by atoms with Crippen LogP contribution in [-0.2, 0) is 4.74 Å². The summed E-state index contributed by atoms with van der Waals surface area (Å²) in [6.07, 6.45) is 1.77. The molecule has 6 nitrogen and oxygen atoms in total. The van der Waals surface area contributed by atoms with Gasteiger partial charge in [-0.25, -0.2) is 5.10 Å². The first-order valence-corrected chi connectivity index (χ1v) is 6.97. The number of benzene rings is 1. The number of nitrogens with zero attached hydrogens (tertiary/aromatic N) is 1. The standard InChI is InChI=1S/C15H17N3O3/c1-15(7-4-8-21-9-15)16-14(20)12-10-5-2-3-6-11(10)13(19)18-17-12/h2-3,5-6H,4,7-9H2,1H3,(H,16,20)(H,18,19). The predicted octanol–water partition coefficient (Wildman–Crippen LogP) is 1.22. The van der Waals surface area contributed by atoms with E-state index >= 15 is 0 Å². The lowest BCUT2D eigenvalue weighted by Gasteiger charge is -2.34. The molecule has 2 N–H and O–H groups in total. The average molecular weight is 287 g/mol. The van der Waals surface area contributed by atoms with Crippen molar-refractivity contribution in [2.24, 2.45) is 0 Å². The highest BCUT2D eigenvalue weighted by Crippen LogP contribution is 2.20. The zero-order valence-corrected chi connectivity index (χ0v) is 11.8. The number of nitrogens with one attached hydrogen (secondary N) is 2. The molecule has 1 unspecified atom stereocenters. The maximum absolute atomic E-state index is 12.5. The van der Waals surface area contributed by atoms with E-state index in [9.17, 15) is 9.59 Å². The topological polar surface area (TPSA) is 84.1 Å². The van der Waals surface area contributed by atoms with Crippen molar-refractivity contribution < 1.29 is 9.53 Å². The zero-order valence-electron chi connectivity index (χ0n) is 11.8. The highest BCUT2D eigenvalue weighted by atomic mass is 16.5. The van der Waals surface area contributed by atoms with Crippen LogP contribution in [-0.4, -0.2) is 34.9 Å². The third-order valence-electron chi connectivity index (χ3n) is 3.76. The fourth-order valence-corrected chi connectivity index (χ4v) is 2.65. The Balaban J connectivity index is 1.95. The van der Waals surface area contributed by atoms with E-state index in [1.807, 2.05) is 6.92 Å². The summed E-state index contributed by atoms with van der Waals surface area (Å²) >= 11 is 0. The van der Waals surface area contributed by atoms with Gasteiger partial charge in [-0.05, 0) is 25.8 Å². The summed E-state index contributed by atoms with van der Waals surface area (Å²) in [4.78, 5) is 24.2. The summed E-state index contributed by atoms with van der Waals surface area (Å²) in [5.74, 6) is -0.296. The number of amides is 1. The number of carbonyl (C=O) groups excluding carboxylic acids is 1. The van der Waals surface area contributed by atoms with Crippen LogP contribution < -0.4 is 10.9 Å². The molecule has 0 radical (unpaired) electrons. The van der Waals surface area contributed by atoms with E-state index in [0.29, 0.717) is 17.4 Å². The van der Waals surface area contributed by atoms with Crippen molar-refractivity contribution in [3.63, 3.8) is 0 Å². The molecular weight excluding hydrogens is 270 g/mol. The first-order chi connectivity index (χ1) is 10.1. The van der Waals surface area contributed by atoms with Gasteiger partial charge in [-0.2, -0.15) is 5.10 Å². The zero-order chi connectivity index (χ0) is 14.9. The minimum atomic E-state index is -0.395. The number of hydrogen-bond acceptors (Lipinski definition) is 4. The summed E-state index contributed by atoms with van der Waals surface area (Å²) in [5.41, 5.74) is -0.458. The van der Waals surface area contributed by atoms with E-state index in [0.717, 1.165) is 19.4 Å². The lowest BCUT2D eigenvalue weighted by atomic mass is 9.94. The van der Waals surface area contributed by atoms with Gasteiger partial charge < -0.3 is 10.1 Å². The molecule has 1 aliphatic rings. The molecule has 1 aromatic heterocycles. The van der Waals surface area contributed by atoms with Crippen molar-refractivity contribution >= 4 is 16.7 Å². The van der Waals surface area contributed by atoms with Gasteiger partial charge in [0.15, 0.2) is 5.69 Å². The van der Waals surface area contributed by atoms with Gasteiger partial charge in [0, 0.05) is 12.0 Å². The third kappa shape index (κ3) is 2.67. The van der Waals surface area contributed by atoms with Gasteiger partial charge in [-0.15, -0.1) is 0 Å². The number of H-pyrrole nitrogens is 1. The van der Waals surface area contributed by atoms with E-state index in [-0.39, 0.29) is 17.2 Å².